The second kappa shape index (κ2) is 4.35. The highest BCUT2D eigenvalue weighted by Crippen LogP contribution is 2.25. The average molecular weight is 181 g/mol. The molecule has 0 heterocycles. The van der Waals surface area contributed by atoms with Crippen LogP contribution in [0.25, 0.3) is 0 Å². The maximum Gasteiger partial charge on any atom is 0.320 e. The van der Waals surface area contributed by atoms with E-state index in [1.54, 1.807) is 6.92 Å². The van der Waals surface area contributed by atoms with Crippen LogP contribution in [0.5, 0.6) is 0 Å². The Hall–Kier alpha value is -0.710. The maximum absolute atomic E-state index is 12.7. The number of rotatable bonds is 5. The quantitative estimate of drug-likeness (QED) is 0.670. The van der Waals surface area contributed by atoms with E-state index < -0.39 is 24.4 Å². The number of hydrogen-bond donors (Lipinski definition) is 2. The molecule has 0 aromatic rings. The van der Waals surface area contributed by atoms with Crippen LogP contribution in [0.1, 0.15) is 26.2 Å². The van der Waals surface area contributed by atoms with Gasteiger partial charge in [0.2, 0.25) is 5.92 Å². The van der Waals surface area contributed by atoms with Crippen LogP contribution in [0, 0.1) is 0 Å². The first kappa shape index (κ1) is 11.3. The van der Waals surface area contributed by atoms with Gasteiger partial charge in [-0.1, -0.05) is 13.3 Å². The van der Waals surface area contributed by atoms with E-state index in [0.717, 1.165) is 0 Å². The first-order chi connectivity index (χ1) is 5.39. The lowest BCUT2D eigenvalue weighted by molar-refractivity contribution is -0.141. The van der Waals surface area contributed by atoms with Crippen LogP contribution in [0.4, 0.5) is 8.78 Å². The zero-order valence-electron chi connectivity index (χ0n) is 6.89. The van der Waals surface area contributed by atoms with Gasteiger partial charge in [-0.3, -0.25) is 4.79 Å². The fraction of sp³-hybridized carbons (Fsp3) is 0.857. The second-order valence-electron chi connectivity index (χ2n) is 2.75. The van der Waals surface area contributed by atoms with Crippen molar-refractivity contribution >= 4 is 5.97 Å². The zero-order chi connectivity index (χ0) is 9.78. The molecule has 0 aliphatic rings. The van der Waals surface area contributed by atoms with E-state index in [0.29, 0.717) is 6.42 Å². The molecule has 0 aromatic heterocycles. The molecule has 1 atom stereocenters. The summed E-state index contributed by atoms with van der Waals surface area (Å²) < 4.78 is 25.4. The Labute approximate surface area is 69.6 Å². The van der Waals surface area contributed by atoms with Gasteiger partial charge in [-0.25, -0.2) is 8.78 Å². The number of carbonyl (C=O) groups is 1. The van der Waals surface area contributed by atoms with Gasteiger partial charge in [-0.05, 0) is 0 Å². The maximum atomic E-state index is 12.7. The molecule has 72 valence electrons. The third-order valence-corrected chi connectivity index (χ3v) is 1.45. The summed E-state index contributed by atoms with van der Waals surface area (Å²) in [6, 6.07) is -1.47. The summed E-state index contributed by atoms with van der Waals surface area (Å²) in [5.74, 6) is -4.34. The van der Waals surface area contributed by atoms with Crippen LogP contribution < -0.4 is 5.73 Å². The van der Waals surface area contributed by atoms with Crippen LogP contribution in [0.3, 0.4) is 0 Å². The molecule has 0 saturated carbocycles. The van der Waals surface area contributed by atoms with Gasteiger partial charge in [0.05, 0.1) is 0 Å². The van der Waals surface area contributed by atoms with Gasteiger partial charge < -0.3 is 10.8 Å². The molecule has 0 saturated heterocycles. The zero-order valence-corrected chi connectivity index (χ0v) is 6.89. The number of aliphatic carboxylic acids is 1. The minimum absolute atomic E-state index is 0.312. The molecule has 0 aliphatic carbocycles. The monoisotopic (exact) mass is 181 g/mol. The second-order valence-corrected chi connectivity index (χ2v) is 2.75. The molecular formula is C7H13F2NO2. The van der Waals surface area contributed by atoms with Crippen LogP contribution in [-0.2, 0) is 4.79 Å². The van der Waals surface area contributed by atoms with Crippen molar-refractivity contribution in [3.05, 3.63) is 0 Å². The normalized spacial score (nSPS) is 14.3. The third-order valence-electron chi connectivity index (χ3n) is 1.45. The van der Waals surface area contributed by atoms with Gasteiger partial charge >= 0.3 is 5.97 Å². The number of nitrogens with two attached hydrogens (primary N) is 1. The minimum Gasteiger partial charge on any atom is -0.480 e. The van der Waals surface area contributed by atoms with Gasteiger partial charge in [0.15, 0.2) is 0 Å². The Morgan fingerprint density at radius 1 is 1.67 bits per heavy atom. The molecule has 12 heavy (non-hydrogen) atoms. The standard InChI is InChI=1S/C7H13F2NO2/c1-2-3-7(8,9)4-5(10)6(11)12/h5H,2-4,10H2,1H3,(H,11,12). The first-order valence-corrected chi connectivity index (χ1v) is 3.75. The number of carboxylic acids is 1. The summed E-state index contributed by atoms with van der Waals surface area (Å²) in [6.45, 7) is 1.61. The van der Waals surface area contributed by atoms with Gasteiger partial charge in [0.1, 0.15) is 6.04 Å². The van der Waals surface area contributed by atoms with Crippen molar-refractivity contribution in [3.63, 3.8) is 0 Å². The van der Waals surface area contributed by atoms with E-state index in [-0.39, 0.29) is 6.42 Å². The molecule has 0 radical (unpaired) electrons. The summed E-state index contributed by atoms with van der Waals surface area (Å²) >= 11 is 0. The molecule has 3 N–H and O–H groups in total. The highest BCUT2D eigenvalue weighted by Gasteiger charge is 2.32. The molecule has 0 rings (SSSR count). The SMILES string of the molecule is CCCC(F)(F)CC(N)C(=O)O. The van der Waals surface area contributed by atoms with E-state index >= 15 is 0 Å². The van der Waals surface area contributed by atoms with E-state index in [9.17, 15) is 13.6 Å². The predicted molar refractivity (Wildman–Crippen MR) is 40.1 cm³/mol. The molecule has 1 unspecified atom stereocenters. The van der Waals surface area contributed by atoms with Crippen LogP contribution in [-0.4, -0.2) is 23.0 Å². The number of hydrogen-bond acceptors (Lipinski definition) is 2. The Morgan fingerprint density at radius 2 is 2.17 bits per heavy atom. The summed E-state index contributed by atoms with van der Waals surface area (Å²) in [7, 11) is 0. The van der Waals surface area contributed by atoms with Crippen molar-refractivity contribution in [1.29, 1.82) is 0 Å². The van der Waals surface area contributed by atoms with E-state index in [1.165, 1.54) is 0 Å². The van der Waals surface area contributed by atoms with Gasteiger partial charge in [0, 0.05) is 12.8 Å². The molecule has 0 aromatic carbocycles. The van der Waals surface area contributed by atoms with Crippen molar-refractivity contribution in [3.8, 4) is 0 Å². The lowest BCUT2D eigenvalue weighted by Gasteiger charge is -2.17. The highest BCUT2D eigenvalue weighted by atomic mass is 19.3. The van der Waals surface area contributed by atoms with Crippen molar-refractivity contribution in [1.82, 2.24) is 0 Å². The first-order valence-electron chi connectivity index (χ1n) is 3.75. The van der Waals surface area contributed by atoms with Crippen molar-refractivity contribution < 1.29 is 18.7 Å². The van der Waals surface area contributed by atoms with E-state index in [1.807, 2.05) is 0 Å². The number of alkyl halides is 2. The Bertz CT molecular complexity index is 161. The van der Waals surface area contributed by atoms with Gasteiger partial charge in [0.25, 0.3) is 0 Å². The fourth-order valence-electron chi connectivity index (χ4n) is 0.877. The summed E-state index contributed by atoms with van der Waals surface area (Å²) in [6.07, 6.45) is -0.774. The van der Waals surface area contributed by atoms with Crippen molar-refractivity contribution in [2.24, 2.45) is 5.73 Å². The van der Waals surface area contributed by atoms with Gasteiger partial charge in [-0.15, -0.1) is 0 Å². The lowest BCUT2D eigenvalue weighted by atomic mass is 10.1. The van der Waals surface area contributed by atoms with Crippen LogP contribution >= 0.6 is 0 Å². The lowest BCUT2D eigenvalue weighted by Crippen LogP contribution is -2.36. The molecular weight excluding hydrogens is 168 g/mol. The highest BCUT2D eigenvalue weighted by molar-refractivity contribution is 5.73. The summed E-state index contributed by atoms with van der Waals surface area (Å²) in [4.78, 5) is 10.1. The molecule has 0 spiro atoms. The predicted octanol–water partition coefficient (Wildman–Crippen LogP) is 1.22. The topological polar surface area (TPSA) is 63.3 Å². The largest absolute Gasteiger partial charge is 0.480 e. The Balaban J connectivity index is 3.95. The Morgan fingerprint density at radius 3 is 2.50 bits per heavy atom. The third kappa shape index (κ3) is 4.23. The average Bonchev–Trinajstić information content (AvgIpc) is 1.85. The van der Waals surface area contributed by atoms with Crippen molar-refractivity contribution in [2.45, 2.75) is 38.2 Å². The smallest absolute Gasteiger partial charge is 0.320 e. The van der Waals surface area contributed by atoms with E-state index in [4.69, 9.17) is 10.8 Å². The van der Waals surface area contributed by atoms with Crippen LogP contribution in [0.2, 0.25) is 0 Å². The molecule has 0 bridgehead atoms. The minimum atomic E-state index is -2.95. The Kier molecular flexibility index (Phi) is 4.09. The molecule has 5 heteroatoms. The van der Waals surface area contributed by atoms with E-state index in [2.05, 4.69) is 0 Å². The van der Waals surface area contributed by atoms with Crippen LogP contribution in [0.15, 0.2) is 0 Å². The fourth-order valence-corrected chi connectivity index (χ4v) is 0.877. The number of carboxylic acid groups (broad SMARTS) is 1. The molecule has 0 amide bonds. The van der Waals surface area contributed by atoms with Crippen molar-refractivity contribution in [2.75, 3.05) is 0 Å². The number of halogens is 2. The summed E-state index contributed by atoms with van der Waals surface area (Å²) in [5, 5.41) is 8.26. The molecule has 0 aliphatic heterocycles. The molecule has 3 nitrogen and oxygen atoms in total. The molecule has 0 fully saturated rings. The van der Waals surface area contributed by atoms with Gasteiger partial charge in [-0.2, -0.15) is 0 Å². The summed E-state index contributed by atoms with van der Waals surface area (Å²) in [5.41, 5.74) is 4.95.